The summed E-state index contributed by atoms with van der Waals surface area (Å²) < 4.78 is 0. The number of thiophene rings is 1. The van der Waals surface area contributed by atoms with Gasteiger partial charge in [0.05, 0.1) is 5.69 Å². The Labute approximate surface area is 138 Å². The van der Waals surface area contributed by atoms with E-state index in [4.69, 9.17) is 5.73 Å². The van der Waals surface area contributed by atoms with Crippen molar-refractivity contribution in [3.8, 4) is 11.3 Å². The smallest absolute Gasteiger partial charge is 0.224 e. The highest BCUT2D eigenvalue weighted by atomic mass is 32.1. The van der Waals surface area contributed by atoms with Gasteiger partial charge in [-0.05, 0) is 36.1 Å². The maximum Gasteiger partial charge on any atom is 0.224 e. The number of nitrogens with zero attached hydrogens (tertiary/aromatic N) is 2. The van der Waals surface area contributed by atoms with Crippen molar-refractivity contribution in [2.45, 2.75) is 12.8 Å². The Morgan fingerprint density at radius 1 is 1.17 bits per heavy atom. The van der Waals surface area contributed by atoms with E-state index in [0.29, 0.717) is 6.42 Å². The molecule has 3 N–H and O–H groups in total. The summed E-state index contributed by atoms with van der Waals surface area (Å²) in [6.07, 6.45) is 2.87. The van der Waals surface area contributed by atoms with Gasteiger partial charge in [0.2, 0.25) is 11.9 Å². The molecule has 6 heteroatoms. The second-order valence-electron chi connectivity index (χ2n) is 5.00. The Bertz CT molecular complexity index is 785. The first-order chi connectivity index (χ1) is 11.2. The summed E-state index contributed by atoms with van der Waals surface area (Å²) in [7, 11) is 0. The van der Waals surface area contributed by atoms with Gasteiger partial charge < -0.3 is 11.1 Å². The summed E-state index contributed by atoms with van der Waals surface area (Å²) in [5.41, 5.74) is 8.04. The van der Waals surface area contributed by atoms with E-state index < -0.39 is 0 Å². The van der Waals surface area contributed by atoms with Crippen LogP contribution in [0.1, 0.15) is 11.3 Å². The quantitative estimate of drug-likeness (QED) is 0.754. The standard InChI is InChI=1S/C17H16N4OS/c18-17-19-10-9-15(21-17)12-3-5-13(6-4-12)20-16(22)8-7-14-2-1-11-23-14/h1-6,9-11H,7-8H2,(H,20,22)(H2,18,19,21). The van der Waals surface area contributed by atoms with Crippen LogP contribution in [0, 0.1) is 0 Å². The van der Waals surface area contributed by atoms with Gasteiger partial charge in [-0.25, -0.2) is 9.97 Å². The predicted molar refractivity (Wildman–Crippen MR) is 93.2 cm³/mol. The second kappa shape index (κ2) is 7.02. The highest BCUT2D eigenvalue weighted by Gasteiger charge is 2.05. The molecule has 3 aromatic rings. The number of hydrogen-bond acceptors (Lipinski definition) is 5. The summed E-state index contributed by atoms with van der Waals surface area (Å²) in [6.45, 7) is 0. The Balaban J connectivity index is 1.60. The van der Waals surface area contributed by atoms with Crippen LogP contribution in [-0.2, 0) is 11.2 Å². The number of aryl methyl sites for hydroxylation is 1. The zero-order chi connectivity index (χ0) is 16.1. The lowest BCUT2D eigenvalue weighted by molar-refractivity contribution is -0.116. The van der Waals surface area contributed by atoms with Crippen molar-refractivity contribution < 1.29 is 4.79 Å². The minimum absolute atomic E-state index is 0.0115. The van der Waals surface area contributed by atoms with Gasteiger partial charge in [0.15, 0.2) is 0 Å². The van der Waals surface area contributed by atoms with Gasteiger partial charge in [-0.1, -0.05) is 18.2 Å². The fourth-order valence-corrected chi connectivity index (χ4v) is 2.88. The van der Waals surface area contributed by atoms with Crippen molar-refractivity contribution in [2.75, 3.05) is 11.1 Å². The van der Waals surface area contributed by atoms with E-state index in [9.17, 15) is 4.79 Å². The van der Waals surface area contributed by atoms with E-state index in [1.165, 1.54) is 4.88 Å². The number of benzene rings is 1. The number of nitrogens with two attached hydrogens (primary N) is 1. The maximum absolute atomic E-state index is 12.0. The average molecular weight is 324 g/mol. The summed E-state index contributed by atoms with van der Waals surface area (Å²) in [5, 5.41) is 4.92. The second-order valence-corrected chi connectivity index (χ2v) is 6.04. The number of nitrogens with one attached hydrogen (secondary N) is 1. The Morgan fingerprint density at radius 2 is 2.00 bits per heavy atom. The number of aromatic nitrogens is 2. The zero-order valence-corrected chi connectivity index (χ0v) is 13.2. The van der Waals surface area contributed by atoms with Gasteiger partial charge in [-0.15, -0.1) is 11.3 Å². The molecule has 0 fully saturated rings. The number of hydrogen-bond donors (Lipinski definition) is 2. The minimum Gasteiger partial charge on any atom is -0.368 e. The molecule has 0 saturated heterocycles. The normalized spacial score (nSPS) is 10.4. The fraction of sp³-hybridized carbons (Fsp3) is 0.118. The van der Waals surface area contributed by atoms with Gasteiger partial charge in [-0.2, -0.15) is 0 Å². The highest BCUT2D eigenvalue weighted by molar-refractivity contribution is 7.09. The fourth-order valence-electron chi connectivity index (χ4n) is 2.17. The molecule has 0 aliphatic heterocycles. The number of carbonyl (C=O) groups is 1. The molecule has 23 heavy (non-hydrogen) atoms. The van der Waals surface area contributed by atoms with E-state index in [1.54, 1.807) is 23.6 Å². The summed E-state index contributed by atoms with van der Waals surface area (Å²) in [4.78, 5) is 21.2. The Morgan fingerprint density at radius 3 is 2.70 bits per heavy atom. The number of anilines is 2. The van der Waals surface area contributed by atoms with Gasteiger partial charge in [0, 0.05) is 28.7 Å². The molecule has 5 nitrogen and oxygen atoms in total. The molecule has 2 heterocycles. The summed E-state index contributed by atoms with van der Waals surface area (Å²) >= 11 is 1.67. The number of rotatable bonds is 5. The molecular weight excluding hydrogens is 308 g/mol. The van der Waals surface area contributed by atoms with E-state index in [-0.39, 0.29) is 11.9 Å². The third kappa shape index (κ3) is 4.14. The summed E-state index contributed by atoms with van der Waals surface area (Å²) in [5.74, 6) is 0.255. The van der Waals surface area contributed by atoms with Gasteiger partial charge in [0.25, 0.3) is 0 Å². The van der Waals surface area contributed by atoms with Gasteiger partial charge >= 0.3 is 0 Å². The van der Waals surface area contributed by atoms with E-state index >= 15 is 0 Å². The SMILES string of the molecule is Nc1nccc(-c2ccc(NC(=O)CCc3cccs3)cc2)n1. The van der Waals surface area contributed by atoms with Crippen LogP contribution in [0.15, 0.2) is 54.0 Å². The minimum atomic E-state index is 0.0115. The van der Waals surface area contributed by atoms with Crippen molar-refractivity contribution in [3.63, 3.8) is 0 Å². The van der Waals surface area contributed by atoms with Crippen LogP contribution in [0.5, 0.6) is 0 Å². The third-order valence-corrected chi connectivity index (χ3v) is 4.25. The lowest BCUT2D eigenvalue weighted by Crippen LogP contribution is -2.11. The van der Waals surface area contributed by atoms with Crippen LogP contribution < -0.4 is 11.1 Å². The molecule has 0 aliphatic rings. The van der Waals surface area contributed by atoms with Crippen LogP contribution in [0.25, 0.3) is 11.3 Å². The number of nitrogen functional groups attached to an aromatic ring is 1. The molecule has 0 saturated carbocycles. The van der Waals surface area contributed by atoms with Gasteiger partial charge in [0.1, 0.15) is 0 Å². The average Bonchev–Trinajstić information content (AvgIpc) is 3.07. The first kappa shape index (κ1) is 15.2. The highest BCUT2D eigenvalue weighted by Crippen LogP contribution is 2.20. The van der Waals surface area contributed by atoms with Crippen LogP contribution in [-0.4, -0.2) is 15.9 Å². The van der Waals surface area contributed by atoms with E-state index in [2.05, 4.69) is 15.3 Å². The molecule has 2 aromatic heterocycles. The van der Waals surface area contributed by atoms with Crippen molar-refractivity contribution in [3.05, 3.63) is 58.9 Å². The molecule has 3 rings (SSSR count). The zero-order valence-electron chi connectivity index (χ0n) is 12.4. The molecule has 0 spiro atoms. The maximum atomic E-state index is 12.0. The molecule has 1 amide bonds. The summed E-state index contributed by atoms with van der Waals surface area (Å²) in [6, 6.07) is 13.3. The topological polar surface area (TPSA) is 80.9 Å². The molecule has 1 aromatic carbocycles. The Kier molecular flexibility index (Phi) is 4.63. The molecular formula is C17H16N4OS. The number of amides is 1. The first-order valence-electron chi connectivity index (χ1n) is 7.22. The molecule has 116 valence electrons. The first-order valence-corrected chi connectivity index (χ1v) is 8.10. The largest absolute Gasteiger partial charge is 0.368 e. The Hall–Kier alpha value is -2.73. The third-order valence-electron chi connectivity index (χ3n) is 3.32. The van der Waals surface area contributed by atoms with E-state index in [0.717, 1.165) is 23.4 Å². The van der Waals surface area contributed by atoms with Crippen LogP contribution in [0.2, 0.25) is 0 Å². The van der Waals surface area contributed by atoms with Crippen molar-refractivity contribution in [2.24, 2.45) is 0 Å². The van der Waals surface area contributed by atoms with Crippen molar-refractivity contribution >= 4 is 28.9 Å². The van der Waals surface area contributed by atoms with Crippen LogP contribution in [0.4, 0.5) is 11.6 Å². The molecule has 0 unspecified atom stereocenters. The lowest BCUT2D eigenvalue weighted by atomic mass is 10.1. The molecule has 0 aliphatic carbocycles. The van der Waals surface area contributed by atoms with Crippen LogP contribution in [0.3, 0.4) is 0 Å². The molecule has 0 atom stereocenters. The number of carbonyl (C=O) groups excluding carboxylic acids is 1. The van der Waals surface area contributed by atoms with Gasteiger partial charge in [-0.3, -0.25) is 4.79 Å². The molecule has 0 radical (unpaired) electrons. The van der Waals surface area contributed by atoms with Crippen LogP contribution >= 0.6 is 11.3 Å². The van der Waals surface area contributed by atoms with Crippen molar-refractivity contribution in [1.29, 1.82) is 0 Å². The monoisotopic (exact) mass is 324 g/mol. The van der Waals surface area contributed by atoms with E-state index in [1.807, 2.05) is 41.8 Å². The van der Waals surface area contributed by atoms with Crippen molar-refractivity contribution in [1.82, 2.24) is 9.97 Å². The molecule has 0 bridgehead atoms. The lowest BCUT2D eigenvalue weighted by Gasteiger charge is -2.06. The predicted octanol–water partition coefficient (Wildman–Crippen LogP) is 3.36.